The van der Waals surface area contributed by atoms with Crippen LogP contribution in [0.15, 0.2) is 0 Å². The zero-order valence-electron chi connectivity index (χ0n) is 9.76. The summed E-state index contributed by atoms with van der Waals surface area (Å²) in [4.78, 5) is 13.9. The van der Waals surface area contributed by atoms with E-state index in [0.717, 1.165) is 19.5 Å². The lowest BCUT2D eigenvalue weighted by Gasteiger charge is -2.38. The summed E-state index contributed by atoms with van der Waals surface area (Å²) in [5.41, 5.74) is 0.00481. The Morgan fingerprint density at radius 2 is 2.14 bits per heavy atom. The highest BCUT2D eigenvalue weighted by atomic mass is 16.2. The average Bonchev–Trinajstić information content (AvgIpc) is 2.16. The molecule has 0 aromatic rings. The molecular formula is C11H22N2O. The van der Waals surface area contributed by atoms with Crippen LogP contribution in [0.4, 0.5) is 0 Å². The number of nitrogens with zero attached hydrogens (tertiary/aromatic N) is 1. The van der Waals surface area contributed by atoms with E-state index in [9.17, 15) is 4.79 Å². The molecule has 0 spiro atoms. The minimum absolute atomic E-state index is 0.00481. The molecule has 1 rings (SSSR count). The van der Waals surface area contributed by atoms with Crippen molar-refractivity contribution in [3.8, 4) is 0 Å². The molecule has 1 aliphatic rings. The third-order valence-electron chi connectivity index (χ3n) is 2.77. The van der Waals surface area contributed by atoms with E-state index in [2.05, 4.69) is 33.0 Å². The molecule has 1 saturated heterocycles. The molecular weight excluding hydrogens is 176 g/mol. The van der Waals surface area contributed by atoms with Crippen LogP contribution in [0.2, 0.25) is 0 Å². The molecule has 0 atom stereocenters. The van der Waals surface area contributed by atoms with Crippen LogP contribution in [-0.4, -0.2) is 36.0 Å². The fourth-order valence-corrected chi connectivity index (χ4v) is 1.87. The first kappa shape index (κ1) is 11.5. The van der Waals surface area contributed by atoms with Gasteiger partial charge in [0.25, 0.3) is 0 Å². The van der Waals surface area contributed by atoms with Gasteiger partial charge in [-0.25, -0.2) is 0 Å². The highest BCUT2D eigenvalue weighted by Gasteiger charge is 2.32. The van der Waals surface area contributed by atoms with Crippen LogP contribution in [0.5, 0.6) is 0 Å². The monoisotopic (exact) mass is 198 g/mol. The van der Waals surface area contributed by atoms with Gasteiger partial charge in [0.05, 0.1) is 6.54 Å². The molecule has 1 aliphatic heterocycles. The third kappa shape index (κ3) is 2.71. The van der Waals surface area contributed by atoms with Crippen molar-refractivity contribution in [1.29, 1.82) is 0 Å². The second-order valence-corrected chi connectivity index (χ2v) is 5.14. The van der Waals surface area contributed by atoms with Crippen LogP contribution in [0.1, 0.15) is 34.1 Å². The smallest absolute Gasteiger partial charge is 0.236 e. The lowest BCUT2D eigenvalue weighted by atomic mass is 9.97. The Hall–Kier alpha value is -0.570. The number of amides is 1. The lowest BCUT2D eigenvalue weighted by Crippen LogP contribution is -2.49. The van der Waals surface area contributed by atoms with Crippen molar-refractivity contribution in [2.24, 2.45) is 5.92 Å². The minimum atomic E-state index is 0.00481. The van der Waals surface area contributed by atoms with Crippen molar-refractivity contribution in [3.63, 3.8) is 0 Å². The van der Waals surface area contributed by atoms with E-state index in [1.165, 1.54) is 0 Å². The lowest BCUT2D eigenvalue weighted by molar-refractivity contribution is -0.135. The van der Waals surface area contributed by atoms with Gasteiger partial charge in [-0.2, -0.15) is 0 Å². The van der Waals surface area contributed by atoms with Crippen molar-refractivity contribution < 1.29 is 4.79 Å². The van der Waals surface area contributed by atoms with Gasteiger partial charge < -0.3 is 10.2 Å². The van der Waals surface area contributed by atoms with Gasteiger partial charge >= 0.3 is 0 Å². The fourth-order valence-electron chi connectivity index (χ4n) is 1.87. The molecule has 1 heterocycles. The Balaban J connectivity index is 2.76. The third-order valence-corrected chi connectivity index (χ3v) is 2.77. The van der Waals surface area contributed by atoms with Crippen molar-refractivity contribution in [2.75, 3.05) is 19.6 Å². The number of carbonyl (C=O) groups is 1. The minimum Gasteiger partial charge on any atom is -0.336 e. The van der Waals surface area contributed by atoms with Crippen LogP contribution in [-0.2, 0) is 4.79 Å². The van der Waals surface area contributed by atoms with E-state index in [-0.39, 0.29) is 11.4 Å². The van der Waals surface area contributed by atoms with Gasteiger partial charge in [0, 0.05) is 12.1 Å². The molecule has 3 heteroatoms. The van der Waals surface area contributed by atoms with E-state index in [4.69, 9.17) is 0 Å². The number of rotatable bonds is 2. The Morgan fingerprint density at radius 1 is 1.50 bits per heavy atom. The first-order chi connectivity index (χ1) is 6.43. The predicted octanol–water partition coefficient (Wildman–Crippen LogP) is 1.24. The summed E-state index contributed by atoms with van der Waals surface area (Å²) in [6.07, 6.45) is 1.03. The molecule has 0 aromatic carbocycles. The number of hydrogen-bond donors (Lipinski definition) is 1. The molecule has 82 valence electrons. The van der Waals surface area contributed by atoms with E-state index in [1.54, 1.807) is 0 Å². The highest BCUT2D eigenvalue weighted by Crippen LogP contribution is 2.21. The summed E-state index contributed by atoms with van der Waals surface area (Å²) in [7, 11) is 0. The Kier molecular flexibility index (Phi) is 3.53. The molecule has 0 aromatic heterocycles. The standard InChI is InChI=1S/C11H22N2O/c1-9(2)8-13-10(14)7-12-6-5-11(13,3)4/h9,12H,5-8H2,1-4H3. The largest absolute Gasteiger partial charge is 0.336 e. The number of hydrogen-bond acceptors (Lipinski definition) is 2. The summed E-state index contributed by atoms with van der Waals surface area (Å²) in [6, 6.07) is 0. The Labute approximate surface area is 86.9 Å². The van der Waals surface area contributed by atoms with Crippen LogP contribution in [0, 0.1) is 5.92 Å². The van der Waals surface area contributed by atoms with Gasteiger partial charge in [0.2, 0.25) is 5.91 Å². The summed E-state index contributed by atoms with van der Waals surface area (Å²) >= 11 is 0. The maximum absolute atomic E-state index is 11.8. The van der Waals surface area contributed by atoms with Crippen LogP contribution >= 0.6 is 0 Å². The normalized spacial score (nSPS) is 22.6. The van der Waals surface area contributed by atoms with E-state index in [1.807, 2.05) is 4.90 Å². The van der Waals surface area contributed by atoms with Crippen LogP contribution < -0.4 is 5.32 Å². The molecule has 1 fully saturated rings. The van der Waals surface area contributed by atoms with Crippen molar-refractivity contribution >= 4 is 5.91 Å². The molecule has 0 bridgehead atoms. The summed E-state index contributed by atoms with van der Waals surface area (Å²) in [6.45, 7) is 10.9. The Morgan fingerprint density at radius 3 is 2.71 bits per heavy atom. The molecule has 0 aliphatic carbocycles. The first-order valence-electron chi connectivity index (χ1n) is 5.44. The number of nitrogens with one attached hydrogen (secondary N) is 1. The van der Waals surface area contributed by atoms with Gasteiger partial charge in [0.1, 0.15) is 0 Å². The second-order valence-electron chi connectivity index (χ2n) is 5.14. The molecule has 14 heavy (non-hydrogen) atoms. The fraction of sp³-hybridized carbons (Fsp3) is 0.909. The van der Waals surface area contributed by atoms with E-state index in [0.29, 0.717) is 12.5 Å². The highest BCUT2D eigenvalue weighted by molar-refractivity contribution is 5.79. The van der Waals surface area contributed by atoms with Gasteiger partial charge in [-0.1, -0.05) is 13.8 Å². The summed E-state index contributed by atoms with van der Waals surface area (Å²) in [5.74, 6) is 0.775. The van der Waals surface area contributed by atoms with Crippen molar-refractivity contribution in [2.45, 2.75) is 39.7 Å². The SMILES string of the molecule is CC(C)CN1C(=O)CNCCC1(C)C. The van der Waals surface area contributed by atoms with Crippen LogP contribution in [0.25, 0.3) is 0 Å². The van der Waals surface area contributed by atoms with Gasteiger partial charge in [-0.3, -0.25) is 4.79 Å². The maximum Gasteiger partial charge on any atom is 0.236 e. The van der Waals surface area contributed by atoms with Crippen molar-refractivity contribution in [1.82, 2.24) is 10.2 Å². The first-order valence-corrected chi connectivity index (χ1v) is 5.44. The van der Waals surface area contributed by atoms with Gasteiger partial charge in [0.15, 0.2) is 0 Å². The quantitative estimate of drug-likeness (QED) is 0.724. The van der Waals surface area contributed by atoms with E-state index < -0.39 is 0 Å². The molecule has 1 amide bonds. The molecule has 1 N–H and O–H groups in total. The van der Waals surface area contributed by atoms with Gasteiger partial charge in [-0.15, -0.1) is 0 Å². The molecule has 0 unspecified atom stereocenters. The Bertz CT molecular complexity index is 211. The average molecular weight is 198 g/mol. The van der Waals surface area contributed by atoms with Gasteiger partial charge in [-0.05, 0) is 32.7 Å². The topological polar surface area (TPSA) is 32.3 Å². The second kappa shape index (κ2) is 4.30. The predicted molar refractivity (Wildman–Crippen MR) is 58.1 cm³/mol. The zero-order chi connectivity index (χ0) is 10.8. The molecule has 0 radical (unpaired) electrons. The van der Waals surface area contributed by atoms with Crippen LogP contribution in [0.3, 0.4) is 0 Å². The molecule has 3 nitrogen and oxygen atoms in total. The van der Waals surface area contributed by atoms with Crippen molar-refractivity contribution in [3.05, 3.63) is 0 Å². The number of carbonyl (C=O) groups excluding carboxylic acids is 1. The zero-order valence-corrected chi connectivity index (χ0v) is 9.76. The maximum atomic E-state index is 11.8. The van der Waals surface area contributed by atoms with E-state index >= 15 is 0 Å². The molecule has 0 saturated carbocycles. The summed E-state index contributed by atoms with van der Waals surface area (Å²) < 4.78 is 0. The summed E-state index contributed by atoms with van der Waals surface area (Å²) in [5, 5.41) is 3.16.